The van der Waals surface area contributed by atoms with E-state index in [9.17, 15) is 4.79 Å². The predicted octanol–water partition coefficient (Wildman–Crippen LogP) is 2.25. The summed E-state index contributed by atoms with van der Waals surface area (Å²) in [6.45, 7) is 0. The van der Waals surface area contributed by atoms with Gasteiger partial charge in [0.05, 0.1) is 0 Å². The Morgan fingerprint density at radius 2 is 2.36 bits per heavy atom. The van der Waals surface area contributed by atoms with Crippen molar-refractivity contribution < 1.29 is 4.79 Å². The molecule has 0 atom stereocenters. The van der Waals surface area contributed by atoms with Gasteiger partial charge < -0.3 is 4.98 Å². The molecular formula is C11H10N2O. The molecule has 0 unspecified atom stereocenters. The number of nitrogens with one attached hydrogen (secondary N) is 1. The highest BCUT2D eigenvalue weighted by Crippen LogP contribution is 2.40. The Kier molecular flexibility index (Phi) is 1.48. The number of aromatic nitrogens is 2. The van der Waals surface area contributed by atoms with Crippen LogP contribution in [0.1, 0.15) is 34.8 Å². The average Bonchev–Trinajstić information content (AvgIpc) is 2.97. The minimum Gasteiger partial charge on any atom is -0.343 e. The van der Waals surface area contributed by atoms with Crippen molar-refractivity contribution in [1.29, 1.82) is 0 Å². The third-order valence-corrected chi connectivity index (χ3v) is 2.73. The quantitative estimate of drug-likeness (QED) is 0.731. The van der Waals surface area contributed by atoms with Crippen LogP contribution in [-0.2, 0) is 0 Å². The van der Waals surface area contributed by atoms with Crippen molar-refractivity contribution in [3.8, 4) is 0 Å². The zero-order valence-electron chi connectivity index (χ0n) is 7.66. The number of aromatic amines is 1. The Morgan fingerprint density at radius 1 is 1.50 bits per heavy atom. The van der Waals surface area contributed by atoms with Gasteiger partial charge in [-0.15, -0.1) is 0 Å². The van der Waals surface area contributed by atoms with E-state index >= 15 is 0 Å². The molecule has 14 heavy (non-hydrogen) atoms. The molecule has 2 aromatic heterocycles. The number of carbonyl (C=O) groups is 1. The lowest BCUT2D eigenvalue weighted by Gasteiger charge is -1.90. The van der Waals surface area contributed by atoms with E-state index in [-0.39, 0.29) is 0 Å². The molecule has 1 saturated carbocycles. The topological polar surface area (TPSA) is 45.8 Å². The molecule has 1 aliphatic rings. The largest absolute Gasteiger partial charge is 0.343 e. The molecule has 3 nitrogen and oxygen atoms in total. The van der Waals surface area contributed by atoms with Crippen LogP contribution in [0.2, 0.25) is 0 Å². The van der Waals surface area contributed by atoms with E-state index in [0.717, 1.165) is 22.9 Å². The van der Waals surface area contributed by atoms with Gasteiger partial charge in [-0.25, -0.2) is 4.98 Å². The highest BCUT2D eigenvalue weighted by atomic mass is 16.1. The molecule has 3 rings (SSSR count). The summed E-state index contributed by atoms with van der Waals surface area (Å²) in [5, 5.41) is 0.949. The molecule has 2 aromatic rings. The van der Waals surface area contributed by atoms with E-state index in [1.807, 2.05) is 0 Å². The lowest BCUT2D eigenvalue weighted by molar-refractivity contribution is 0.112. The fourth-order valence-electron chi connectivity index (χ4n) is 1.78. The van der Waals surface area contributed by atoms with Gasteiger partial charge in [0.2, 0.25) is 0 Å². The molecule has 0 aliphatic heterocycles. The Morgan fingerprint density at radius 3 is 3.07 bits per heavy atom. The van der Waals surface area contributed by atoms with Gasteiger partial charge in [0, 0.05) is 22.8 Å². The number of H-pyrrole nitrogens is 1. The Hall–Kier alpha value is -1.64. The normalized spacial score (nSPS) is 16.0. The van der Waals surface area contributed by atoms with Crippen molar-refractivity contribution in [2.45, 2.75) is 18.8 Å². The SMILES string of the molecule is O=Cc1ccnc2[nH]c(C3CC3)cc12. The summed E-state index contributed by atoms with van der Waals surface area (Å²) in [7, 11) is 0. The lowest BCUT2D eigenvalue weighted by Crippen LogP contribution is -1.82. The standard InChI is InChI=1S/C11H10N2O/c14-6-8-3-4-12-11-9(8)5-10(13-11)7-1-2-7/h3-7H,1-2H2,(H,12,13). The minimum absolute atomic E-state index is 0.670. The molecule has 0 radical (unpaired) electrons. The maximum Gasteiger partial charge on any atom is 0.150 e. The van der Waals surface area contributed by atoms with Crippen LogP contribution in [-0.4, -0.2) is 16.3 Å². The molecule has 70 valence electrons. The van der Waals surface area contributed by atoms with Crippen LogP contribution in [0.3, 0.4) is 0 Å². The Balaban J connectivity index is 2.25. The number of rotatable bonds is 2. The second-order valence-corrected chi connectivity index (χ2v) is 3.78. The number of aldehydes is 1. The summed E-state index contributed by atoms with van der Waals surface area (Å²) >= 11 is 0. The summed E-state index contributed by atoms with van der Waals surface area (Å²) < 4.78 is 0. The predicted molar refractivity (Wildman–Crippen MR) is 53.5 cm³/mol. The van der Waals surface area contributed by atoms with Gasteiger partial charge in [-0.05, 0) is 30.9 Å². The first-order valence-corrected chi connectivity index (χ1v) is 4.81. The van der Waals surface area contributed by atoms with Gasteiger partial charge in [0.1, 0.15) is 5.65 Å². The van der Waals surface area contributed by atoms with Crippen molar-refractivity contribution in [3.05, 3.63) is 29.6 Å². The van der Waals surface area contributed by atoms with Crippen molar-refractivity contribution in [2.75, 3.05) is 0 Å². The number of carbonyl (C=O) groups excluding carboxylic acids is 1. The fourth-order valence-corrected chi connectivity index (χ4v) is 1.78. The maximum atomic E-state index is 10.8. The van der Waals surface area contributed by atoms with Gasteiger partial charge in [-0.1, -0.05) is 0 Å². The second kappa shape index (κ2) is 2.67. The summed E-state index contributed by atoms with van der Waals surface area (Å²) in [5.41, 5.74) is 2.77. The zero-order chi connectivity index (χ0) is 9.54. The number of hydrogen-bond donors (Lipinski definition) is 1. The first kappa shape index (κ1) is 7.74. The maximum absolute atomic E-state index is 10.8. The Labute approximate surface area is 81.2 Å². The first-order valence-electron chi connectivity index (χ1n) is 4.81. The number of nitrogens with zero attached hydrogens (tertiary/aromatic N) is 1. The monoisotopic (exact) mass is 186 g/mol. The molecular weight excluding hydrogens is 176 g/mol. The molecule has 3 heteroatoms. The first-order chi connectivity index (χ1) is 6.88. The summed E-state index contributed by atoms with van der Waals surface area (Å²) in [5.74, 6) is 0.670. The smallest absolute Gasteiger partial charge is 0.150 e. The number of fused-ring (bicyclic) bond motifs is 1. The van der Waals surface area contributed by atoms with Gasteiger partial charge in [0.25, 0.3) is 0 Å². The van der Waals surface area contributed by atoms with Crippen LogP contribution in [0.5, 0.6) is 0 Å². The average molecular weight is 186 g/mol. The van der Waals surface area contributed by atoms with E-state index < -0.39 is 0 Å². The van der Waals surface area contributed by atoms with E-state index in [1.165, 1.54) is 18.5 Å². The summed E-state index contributed by atoms with van der Waals surface area (Å²) in [4.78, 5) is 18.2. The van der Waals surface area contributed by atoms with E-state index in [0.29, 0.717) is 5.92 Å². The van der Waals surface area contributed by atoms with Crippen LogP contribution in [0.25, 0.3) is 11.0 Å². The zero-order valence-corrected chi connectivity index (χ0v) is 7.66. The van der Waals surface area contributed by atoms with E-state index in [1.54, 1.807) is 12.3 Å². The van der Waals surface area contributed by atoms with Crippen molar-refractivity contribution >= 4 is 17.3 Å². The molecule has 1 aliphatic carbocycles. The molecule has 1 N–H and O–H groups in total. The molecule has 2 heterocycles. The van der Waals surface area contributed by atoms with Crippen molar-refractivity contribution in [2.24, 2.45) is 0 Å². The van der Waals surface area contributed by atoms with Crippen LogP contribution >= 0.6 is 0 Å². The van der Waals surface area contributed by atoms with E-state index in [4.69, 9.17) is 0 Å². The van der Waals surface area contributed by atoms with Gasteiger partial charge in [-0.3, -0.25) is 4.79 Å². The summed E-state index contributed by atoms with van der Waals surface area (Å²) in [6, 6.07) is 3.81. The molecule has 1 fully saturated rings. The third kappa shape index (κ3) is 1.05. The molecule has 0 aromatic carbocycles. The van der Waals surface area contributed by atoms with Crippen molar-refractivity contribution in [1.82, 2.24) is 9.97 Å². The molecule has 0 saturated heterocycles. The summed E-state index contributed by atoms with van der Waals surface area (Å²) in [6.07, 6.45) is 5.06. The second-order valence-electron chi connectivity index (χ2n) is 3.78. The van der Waals surface area contributed by atoms with E-state index in [2.05, 4.69) is 16.0 Å². The Bertz CT molecular complexity index is 497. The minimum atomic E-state index is 0.670. The highest BCUT2D eigenvalue weighted by molar-refractivity contribution is 5.95. The van der Waals surface area contributed by atoms with Gasteiger partial charge in [0.15, 0.2) is 6.29 Å². The molecule has 0 bridgehead atoms. The van der Waals surface area contributed by atoms with Crippen LogP contribution in [0.4, 0.5) is 0 Å². The van der Waals surface area contributed by atoms with Crippen LogP contribution in [0.15, 0.2) is 18.3 Å². The lowest BCUT2D eigenvalue weighted by atomic mass is 10.2. The third-order valence-electron chi connectivity index (χ3n) is 2.73. The number of hydrogen-bond acceptors (Lipinski definition) is 2. The van der Waals surface area contributed by atoms with Gasteiger partial charge in [-0.2, -0.15) is 0 Å². The fraction of sp³-hybridized carbons (Fsp3) is 0.273. The van der Waals surface area contributed by atoms with Crippen molar-refractivity contribution in [3.63, 3.8) is 0 Å². The van der Waals surface area contributed by atoms with Crippen LogP contribution in [0, 0.1) is 0 Å². The van der Waals surface area contributed by atoms with Gasteiger partial charge >= 0.3 is 0 Å². The number of pyridine rings is 1. The highest BCUT2D eigenvalue weighted by Gasteiger charge is 2.25. The van der Waals surface area contributed by atoms with Crippen LogP contribution < -0.4 is 0 Å². The molecule has 0 amide bonds. The molecule has 0 spiro atoms.